The molecule has 0 saturated heterocycles. The van der Waals surface area contributed by atoms with Crippen molar-refractivity contribution >= 4 is 39.5 Å². The maximum absolute atomic E-state index is 3.40. The van der Waals surface area contributed by atoms with Crippen LogP contribution in [0, 0.1) is 0 Å². The minimum Gasteiger partial charge on any atom is -0.143 e. The Kier molecular flexibility index (Phi) is 4.18. The van der Waals surface area contributed by atoms with Crippen molar-refractivity contribution in [2.24, 2.45) is 0 Å². The molecule has 0 bridgehead atoms. The third-order valence-corrected chi connectivity index (χ3v) is 4.54. The van der Waals surface area contributed by atoms with Crippen LogP contribution in [0.4, 0.5) is 0 Å². The molecule has 1 rings (SSSR count). The van der Waals surface area contributed by atoms with E-state index in [0.717, 1.165) is 9.91 Å². The lowest BCUT2D eigenvalue weighted by Gasteiger charge is -2.02. The van der Waals surface area contributed by atoms with E-state index in [1.54, 1.807) is 0 Å². The van der Waals surface area contributed by atoms with E-state index in [4.69, 9.17) is 0 Å². The summed E-state index contributed by atoms with van der Waals surface area (Å²) >= 11 is 7.43. The van der Waals surface area contributed by atoms with Crippen molar-refractivity contribution in [1.29, 1.82) is 0 Å². The van der Waals surface area contributed by atoms with Gasteiger partial charge >= 0.3 is 0 Å². The van der Waals surface area contributed by atoms with Crippen molar-refractivity contribution in [3.8, 4) is 0 Å². The highest BCUT2D eigenvalue weighted by atomic mass is 79.9. The molecule has 0 saturated carbocycles. The molecular formula is C6H9BrS2. The topological polar surface area (TPSA) is 0 Å². The van der Waals surface area contributed by atoms with Crippen molar-refractivity contribution in [3.63, 3.8) is 0 Å². The first-order valence-electron chi connectivity index (χ1n) is 2.89. The normalized spacial score (nSPS) is 25.2. The average molecular weight is 225 g/mol. The number of halogens is 1. The maximum atomic E-state index is 3.40. The Hall–Kier alpha value is 0.920. The first-order valence-corrected chi connectivity index (χ1v) is 6.11. The van der Waals surface area contributed by atoms with E-state index < -0.39 is 0 Å². The molecule has 1 heterocycles. The second kappa shape index (κ2) is 4.69. The van der Waals surface area contributed by atoms with Crippen molar-refractivity contribution in [2.45, 2.75) is 4.58 Å². The van der Waals surface area contributed by atoms with Gasteiger partial charge in [-0.15, -0.1) is 23.5 Å². The van der Waals surface area contributed by atoms with E-state index in [9.17, 15) is 0 Å². The minimum absolute atomic E-state index is 0.738. The molecule has 9 heavy (non-hydrogen) atoms. The van der Waals surface area contributed by atoms with Crippen molar-refractivity contribution in [3.05, 3.63) is 12.2 Å². The number of hydrogen-bond donors (Lipinski definition) is 0. The van der Waals surface area contributed by atoms with Crippen LogP contribution < -0.4 is 0 Å². The van der Waals surface area contributed by atoms with Gasteiger partial charge in [-0.05, 0) is 0 Å². The molecule has 0 amide bonds. The summed E-state index contributed by atoms with van der Waals surface area (Å²) < 4.78 is 0.738. The zero-order chi connectivity index (χ0) is 6.53. The summed E-state index contributed by atoms with van der Waals surface area (Å²) in [6.45, 7) is 0. The van der Waals surface area contributed by atoms with Gasteiger partial charge in [-0.25, -0.2) is 0 Å². The van der Waals surface area contributed by atoms with Crippen LogP contribution in [0.25, 0.3) is 0 Å². The predicted octanol–water partition coefficient (Wildman–Crippen LogP) is 2.74. The molecule has 3 heteroatoms. The molecule has 0 aromatic heterocycles. The Bertz CT molecular complexity index is 103. The molecule has 0 aliphatic carbocycles. The molecule has 0 aromatic carbocycles. The largest absolute Gasteiger partial charge is 0.143 e. The van der Waals surface area contributed by atoms with Gasteiger partial charge in [0, 0.05) is 16.8 Å². The molecule has 1 atom stereocenters. The van der Waals surface area contributed by atoms with E-state index >= 15 is 0 Å². The first-order chi connectivity index (χ1) is 4.43. The fraction of sp³-hybridized carbons (Fsp3) is 0.667. The summed E-state index contributed by atoms with van der Waals surface area (Å²) in [6, 6.07) is 0. The summed E-state index contributed by atoms with van der Waals surface area (Å²) in [4.78, 5) is 0. The van der Waals surface area contributed by atoms with Gasteiger partial charge in [0.2, 0.25) is 0 Å². The first kappa shape index (κ1) is 8.02. The van der Waals surface area contributed by atoms with Gasteiger partial charge in [0.1, 0.15) is 0 Å². The standard InChI is InChI=1S/C6H9BrS2/c7-3-5-9-6-2-1-4-8-6/h1-2,6H,3-5H2. The Morgan fingerprint density at radius 1 is 1.78 bits per heavy atom. The molecule has 52 valence electrons. The molecule has 0 fully saturated rings. The zero-order valence-electron chi connectivity index (χ0n) is 5.05. The molecule has 0 radical (unpaired) electrons. The number of rotatable bonds is 3. The Balaban J connectivity index is 2.05. The van der Waals surface area contributed by atoms with E-state index in [0.29, 0.717) is 0 Å². The van der Waals surface area contributed by atoms with E-state index in [1.807, 2.05) is 23.5 Å². The van der Waals surface area contributed by atoms with E-state index in [2.05, 4.69) is 28.1 Å². The zero-order valence-corrected chi connectivity index (χ0v) is 8.27. The third kappa shape index (κ3) is 3.01. The molecule has 0 N–H and O–H groups in total. The lowest BCUT2D eigenvalue weighted by Crippen LogP contribution is -1.89. The molecule has 1 aliphatic heterocycles. The minimum atomic E-state index is 0.738. The Morgan fingerprint density at radius 3 is 3.22 bits per heavy atom. The van der Waals surface area contributed by atoms with Crippen LogP contribution in [0.2, 0.25) is 0 Å². The smallest absolute Gasteiger partial charge is 0.0685 e. The summed E-state index contributed by atoms with van der Waals surface area (Å²) in [5.41, 5.74) is 0. The fourth-order valence-electron chi connectivity index (χ4n) is 0.637. The lowest BCUT2D eigenvalue weighted by atomic mass is 10.6. The summed E-state index contributed by atoms with van der Waals surface area (Å²) in [5.74, 6) is 2.43. The van der Waals surface area contributed by atoms with Crippen LogP contribution in [0.1, 0.15) is 0 Å². The SMILES string of the molecule is BrCCSC1C=CCS1. The molecule has 1 unspecified atom stereocenters. The Morgan fingerprint density at radius 2 is 2.67 bits per heavy atom. The molecule has 0 nitrogen and oxygen atoms in total. The quantitative estimate of drug-likeness (QED) is 0.535. The second-order valence-corrected chi connectivity index (χ2v) is 5.21. The Labute approximate surface area is 73.0 Å². The predicted molar refractivity (Wildman–Crippen MR) is 51.6 cm³/mol. The fourth-order valence-corrected chi connectivity index (χ4v) is 3.28. The van der Waals surface area contributed by atoms with Crippen LogP contribution >= 0.6 is 39.5 Å². The molecule has 0 aromatic rings. The van der Waals surface area contributed by atoms with Gasteiger partial charge in [0.25, 0.3) is 0 Å². The summed E-state index contributed by atoms with van der Waals surface area (Å²) in [5, 5.41) is 1.11. The summed E-state index contributed by atoms with van der Waals surface area (Å²) in [7, 11) is 0. The van der Waals surface area contributed by atoms with Crippen molar-refractivity contribution in [2.75, 3.05) is 16.8 Å². The van der Waals surface area contributed by atoms with Crippen LogP contribution in [-0.4, -0.2) is 21.4 Å². The van der Waals surface area contributed by atoms with Gasteiger partial charge in [0.15, 0.2) is 0 Å². The monoisotopic (exact) mass is 224 g/mol. The number of alkyl halides is 1. The molecule has 1 aliphatic rings. The van der Waals surface area contributed by atoms with E-state index in [-0.39, 0.29) is 0 Å². The average Bonchev–Trinajstić information content (AvgIpc) is 2.34. The maximum Gasteiger partial charge on any atom is 0.0685 e. The van der Waals surface area contributed by atoms with Crippen LogP contribution in [0.3, 0.4) is 0 Å². The highest BCUT2D eigenvalue weighted by Gasteiger charge is 2.07. The van der Waals surface area contributed by atoms with Gasteiger partial charge in [0.05, 0.1) is 4.58 Å². The number of hydrogen-bond acceptors (Lipinski definition) is 2. The van der Waals surface area contributed by atoms with E-state index in [1.165, 1.54) is 11.5 Å². The van der Waals surface area contributed by atoms with Gasteiger partial charge in [-0.1, -0.05) is 28.1 Å². The summed E-state index contributed by atoms with van der Waals surface area (Å²) in [6.07, 6.45) is 4.54. The lowest BCUT2D eigenvalue weighted by molar-refractivity contribution is 1.55. The van der Waals surface area contributed by atoms with Gasteiger partial charge in [-0.3, -0.25) is 0 Å². The van der Waals surface area contributed by atoms with Gasteiger partial charge < -0.3 is 0 Å². The molecule has 0 spiro atoms. The van der Waals surface area contributed by atoms with Crippen LogP contribution in [-0.2, 0) is 0 Å². The molecular weight excluding hydrogens is 216 g/mol. The highest BCUT2D eigenvalue weighted by Crippen LogP contribution is 2.29. The van der Waals surface area contributed by atoms with Crippen LogP contribution in [0.5, 0.6) is 0 Å². The third-order valence-electron chi connectivity index (χ3n) is 1.01. The number of thioether (sulfide) groups is 2. The van der Waals surface area contributed by atoms with Crippen molar-refractivity contribution < 1.29 is 0 Å². The van der Waals surface area contributed by atoms with Gasteiger partial charge in [-0.2, -0.15) is 0 Å². The van der Waals surface area contributed by atoms with Crippen LogP contribution in [0.15, 0.2) is 12.2 Å². The van der Waals surface area contributed by atoms with Crippen molar-refractivity contribution in [1.82, 2.24) is 0 Å². The highest BCUT2D eigenvalue weighted by molar-refractivity contribution is 9.09. The second-order valence-electron chi connectivity index (χ2n) is 1.69.